The number of carbonyl (C=O) groups is 2. The van der Waals surface area contributed by atoms with Crippen molar-refractivity contribution in [2.24, 2.45) is 5.92 Å². The topological polar surface area (TPSA) is 70.5 Å². The molecule has 0 aliphatic carbocycles. The minimum Gasteiger partial charge on any atom is -0.481 e. The molecule has 0 bridgehead atoms. The third-order valence-electron chi connectivity index (χ3n) is 3.52. The first-order valence-electron chi connectivity index (χ1n) is 6.25. The van der Waals surface area contributed by atoms with Crippen LogP contribution in [0.3, 0.4) is 0 Å². The second-order valence-electron chi connectivity index (χ2n) is 4.90. The van der Waals surface area contributed by atoms with E-state index in [1.807, 2.05) is 0 Å². The van der Waals surface area contributed by atoms with Crippen LogP contribution in [-0.4, -0.2) is 39.5 Å². The quantitative estimate of drug-likeness (QED) is 0.850. The van der Waals surface area contributed by atoms with Crippen LogP contribution in [0.15, 0.2) is 12.3 Å². The lowest BCUT2D eigenvalue weighted by Crippen LogP contribution is -2.46. The molecule has 1 N–H and O–H groups in total. The fraction of sp³-hybridized carbons (Fsp3) is 0.462. The highest BCUT2D eigenvalue weighted by Crippen LogP contribution is 2.26. The number of hydrogen-bond acceptors (Lipinski definition) is 3. The Morgan fingerprint density at radius 3 is 2.85 bits per heavy atom. The van der Waals surface area contributed by atoms with Crippen molar-refractivity contribution in [1.29, 1.82) is 0 Å². The number of amides is 1. The van der Waals surface area contributed by atoms with Gasteiger partial charge in [0, 0.05) is 12.6 Å². The van der Waals surface area contributed by atoms with Gasteiger partial charge in [-0.25, -0.2) is 9.37 Å². The number of carboxylic acid groups (broad SMARTS) is 1. The van der Waals surface area contributed by atoms with E-state index >= 15 is 0 Å². The maximum atomic E-state index is 13.2. The van der Waals surface area contributed by atoms with Crippen molar-refractivity contribution in [2.75, 3.05) is 6.54 Å². The molecule has 2 rings (SSSR count). The molecular formula is C13H14ClFN2O3. The van der Waals surface area contributed by atoms with Crippen LogP contribution >= 0.6 is 11.6 Å². The molecule has 1 aromatic heterocycles. The van der Waals surface area contributed by atoms with Crippen molar-refractivity contribution in [1.82, 2.24) is 9.88 Å². The Morgan fingerprint density at radius 2 is 2.25 bits per heavy atom. The van der Waals surface area contributed by atoms with E-state index in [2.05, 4.69) is 4.98 Å². The third-order valence-corrected chi connectivity index (χ3v) is 3.82. The number of nitrogens with zero attached hydrogens (tertiary/aromatic N) is 2. The van der Waals surface area contributed by atoms with E-state index in [0.29, 0.717) is 19.4 Å². The second kappa shape index (κ2) is 5.75. The number of rotatable bonds is 2. The Bertz CT molecular complexity index is 552. The zero-order valence-corrected chi connectivity index (χ0v) is 11.6. The summed E-state index contributed by atoms with van der Waals surface area (Å²) in [4.78, 5) is 28.4. The maximum absolute atomic E-state index is 13.2. The summed E-state index contributed by atoms with van der Waals surface area (Å²) < 4.78 is 13.2. The number of aromatic nitrogens is 1. The van der Waals surface area contributed by atoms with Crippen molar-refractivity contribution in [3.05, 3.63) is 28.8 Å². The van der Waals surface area contributed by atoms with Gasteiger partial charge in [-0.15, -0.1) is 0 Å². The molecule has 1 amide bonds. The van der Waals surface area contributed by atoms with Crippen LogP contribution < -0.4 is 0 Å². The van der Waals surface area contributed by atoms with Crippen molar-refractivity contribution in [3.63, 3.8) is 0 Å². The number of carboxylic acids is 1. The number of halogens is 2. The van der Waals surface area contributed by atoms with E-state index in [1.165, 1.54) is 4.90 Å². The van der Waals surface area contributed by atoms with Crippen molar-refractivity contribution in [3.8, 4) is 0 Å². The Labute approximate surface area is 120 Å². The van der Waals surface area contributed by atoms with Crippen LogP contribution in [0.4, 0.5) is 4.39 Å². The maximum Gasteiger partial charge on any atom is 0.306 e. The molecule has 1 saturated heterocycles. The van der Waals surface area contributed by atoms with Gasteiger partial charge in [0.15, 0.2) is 0 Å². The normalized spacial score (nSPS) is 22.6. The number of aliphatic carboxylic acids is 1. The SMILES string of the molecule is CC1CC(C(=O)O)CCN1C(=O)c1cc(F)cnc1Cl. The second-order valence-corrected chi connectivity index (χ2v) is 5.26. The highest BCUT2D eigenvalue weighted by atomic mass is 35.5. The molecule has 7 heteroatoms. The van der Waals surface area contributed by atoms with Gasteiger partial charge in [-0.05, 0) is 25.8 Å². The summed E-state index contributed by atoms with van der Waals surface area (Å²) in [6.07, 6.45) is 1.70. The van der Waals surface area contributed by atoms with E-state index in [9.17, 15) is 14.0 Å². The summed E-state index contributed by atoms with van der Waals surface area (Å²) >= 11 is 5.82. The molecule has 0 saturated carbocycles. The van der Waals surface area contributed by atoms with Crippen LogP contribution in [0.5, 0.6) is 0 Å². The monoisotopic (exact) mass is 300 g/mol. The van der Waals surface area contributed by atoms with E-state index in [1.54, 1.807) is 6.92 Å². The van der Waals surface area contributed by atoms with E-state index in [4.69, 9.17) is 16.7 Å². The van der Waals surface area contributed by atoms with Gasteiger partial charge in [0.25, 0.3) is 5.91 Å². The van der Waals surface area contributed by atoms with Crippen LogP contribution in [0.25, 0.3) is 0 Å². The smallest absolute Gasteiger partial charge is 0.306 e. The Kier molecular flexibility index (Phi) is 4.23. The van der Waals surface area contributed by atoms with E-state index in [-0.39, 0.29) is 16.8 Å². The number of likely N-dealkylation sites (tertiary alicyclic amines) is 1. The average molecular weight is 301 g/mol. The van der Waals surface area contributed by atoms with Gasteiger partial charge in [-0.3, -0.25) is 9.59 Å². The summed E-state index contributed by atoms with van der Waals surface area (Å²) in [7, 11) is 0. The molecule has 20 heavy (non-hydrogen) atoms. The van der Waals surface area contributed by atoms with Crippen molar-refractivity contribution in [2.45, 2.75) is 25.8 Å². The molecule has 2 unspecified atom stereocenters. The minimum atomic E-state index is -0.852. The van der Waals surface area contributed by atoms with Crippen molar-refractivity contribution >= 4 is 23.5 Å². The van der Waals surface area contributed by atoms with Crippen LogP contribution in [0, 0.1) is 11.7 Å². The fourth-order valence-corrected chi connectivity index (χ4v) is 2.61. The van der Waals surface area contributed by atoms with Gasteiger partial charge in [0.2, 0.25) is 0 Å². The lowest BCUT2D eigenvalue weighted by atomic mass is 9.91. The average Bonchev–Trinajstić information content (AvgIpc) is 2.40. The zero-order valence-electron chi connectivity index (χ0n) is 10.8. The summed E-state index contributed by atoms with van der Waals surface area (Å²) in [6, 6.07) is 0.810. The molecule has 0 spiro atoms. The van der Waals surface area contributed by atoms with Crippen molar-refractivity contribution < 1.29 is 19.1 Å². The van der Waals surface area contributed by atoms with E-state index < -0.39 is 23.6 Å². The van der Waals surface area contributed by atoms with Crippen LogP contribution in [-0.2, 0) is 4.79 Å². The first-order valence-corrected chi connectivity index (χ1v) is 6.62. The fourth-order valence-electron chi connectivity index (χ4n) is 2.43. The summed E-state index contributed by atoms with van der Waals surface area (Å²) in [5.74, 6) is -2.35. The standard InChI is InChI=1S/C13H14ClFN2O3/c1-7-4-8(13(19)20)2-3-17(7)12(18)10-5-9(15)6-16-11(10)14/h5-8H,2-4H2,1H3,(H,19,20). The molecule has 1 aliphatic rings. The lowest BCUT2D eigenvalue weighted by molar-refractivity contribution is -0.143. The van der Waals surface area contributed by atoms with Crippen LogP contribution in [0.2, 0.25) is 5.15 Å². The molecular weight excluding hydrogens is 287 g/mol. The molecule has 2 heterocycles. The number of carbonyl (C=O) groups excluding carboxylic acids is 1. The molecule has 0 radical (unpaired) electrons. The molecule has 108 valence electrons. The lowest BCUT2D eigenvalue weighted by Gasteiger charge is -2.36. The van der Waals surface area contributed by atoms with Crippen LogP contribution in [0.1, 0.15) is 30.1 Å². The number of piperidine rings is 1. The Morgan fingerprint density at radius 1 is 1.55 bits per heavy atom. The minimum absolute atomic E-state index is 0.00675. The molecule has 1 aromatic rings. The first-order chi connectivity index (χ1) is 9.40. The molecule has 1 aliphatic heterocycles. The molecule has 1 fully saturated rings. The molecule has 0 aromatic carbocycles. The highest BCUT2D eigenvalue weighted by molar-refractivity contribution is 6.32. The summed E-state index contributed by atoms with van der Waals surface area (Å²) in [6.45, 7) is 2.08. The first kappa shape index (κ1) is 14.7. The predicted octanol–water partition coefficient (Wildman–Crippen LogP) is 2.20. The predicted molar refractivity (Wildman–Crippen MR) is 70.1 cm³/mol. The molecule has 5 nitrogen and oxygen atoms in total. The van der Waals surface area contributed by atoms with Gasteiger partial charge >= 0.3 is 5.97 Å². The third kappa shape index (κ3) is 2.90. The van der Waals surface area contributed by atoms with Gasteiger partial charge in [0.05, 0.1) is 17.7 Å². The van der Waals surface area contributed by atoms with Gasteiger partial charge < -0.3 is 10.0 Å². The largest absolute Gasteiger partial charge is 0.481 e. The van der Waals surface area contributed by atoms with Gasteiger partial charge in [-0.2, -0.15) is 0 Å². The summed E-state index contributed by atoms with van der Waals surface area (Å²) in [5, 5.41) is 8.94. The van der Waals surface area contributed by atoms with Gasteiger partial charge in [0.1, 0.15) is 11.0 Å². The van der Waals surface area contributed by atoms with Gasteiger partial charge in [-0.1, -0.05) is 11.6 Å². The Hall–Kier alpha value is -1.69. The highest BCUT2D eigenvalue weighted by Gasteiger charge is 2.33. The summed E-state index contributed by atoms with van der Waals surface area (Å²) in [5.41, 5.74) is 0.00675. The zero-order chi connectivity index (χ0) is 14.9. The molecule has 2 atom stereocenters. The Balaban J connectivity index is 2.18. The number of hydrogen-bond donors (Lipinski definition) is 1. The van der Waals surface area contributed by atoms with E-state index in [0.717, 1.165) is 12.3 Å². The number of pyridine rings is 1.